The van der Waals surface area contributed by atoms with Gasteiger partial charge in [-0.25, -0.2) is 0 Å². The van der Waals surface area contributed by atoms with E-state index in [1.54, 1.807) is 0 Å². The van der Waals surface area contributed by atoms with Crippen molar-refractivity contribution in [1.29, 1.82) is 0 Å². The van der Waals surface area contributed by atoms with E-state index in [0.717, 1.165) is 65.7 Å². The fourth-order valence-electron chi connectivity index (χ4n) is 4.91. The van der Waals surface area contributed by atoms with Crippen LogP contribution >= 0.6 is 0 Å². The molecule has 0 amide bonds. The smallest absolute Gasteiger partial charge is 0.307 e. The number of hydrogen-bond donors (Lipinski definition) is 2. The van der Waals surface area contributed by atoms with Gasteiger partial charge in [0.1, 0.15) is 0 Å². The quantitative estimate of drug-likeness (QED) is 0.435. The predicted octanol–water partition coefficient (Wildman–Crippen LogP) is 5.63. The zero-order valence-corrected chi connectivity index (χ0v) is 17.6. The van der Waals surface area contributed by atoms with Crippen molar-refractivity contribution in [2.24, 2.45) is 0 Å². The van der Waals surface area contributed by atoms with E-state index in [4.69, 9.17) is 0 Å². The van der Waals surface area contributed by atoms with E-state index in [-0.39, 0.29) is 12.8 Å². The van der Waals surface area contributed by atoms with Gasteiger partial charge in [0.05, 0.1) is 12.8 Å². The molecule has 0 aliphatic carbocycles. The summed E-state index contributed by atoms with van der Waals surface area (Å²) >= 11 is 0. The Hall–Kier alpha value is -3.40. The van der Waals surface area contributed by atoms with Crippen LogP contribution in [0.5, 0.6) is 0 Å². The molecule has 4 heteroatoms. The van der Waals surface area contributed by atoms with Crippen molar-refractivity contribution in [3.8, 4) is 0 Å². The number of carboxylic acid groups (broad SMARTS) is 2. The lowest BCUT2D eigenvalue weighted by atomic mass is 9.82. The highest BCUT2D eigenvalue weighted by Crippen LogP contribution is 2.42. The van der Waals surface area contributed by atoms with E-state index < -0.39 is 11.9 Å². The van der Waals surface area contributed by atoms with Crippen molar-refractivity contribution >= 4 is 44.3 Å². The second-order valence-corrected chi connectivity index (χ2v) is 8.13. The fraction of sp³-hybridized carbons (Fsp3) is 0.231. The third-order valence-corrected chi connectivity index (χ3v) is 6.28. The van der Waals surface area contributed by atoms with E-state index in [9.17, 15) is 19.8 Å². The molecule has 0 atom stereocenters. The molecule has 0 bridgehead atoms. The predicted molar refractivity (Wildman–Crippen MR) is 121 cm³/mol. The Kier molecular flexibility index (Phi) is 4.73. The van der Waals surface area contributed by atoms with E-state index >= 15 is 0 Å². The molecule has 0 unspecified atom stereocenters. The second kappa shape index (κ2) is 7.13. The molecule has 2 N–H and O–H groups in total. The number of carboxylic acids is 2. The average molecular weight is 400 g/mol. The molecular weight excluding hydrogens is 376 g/mol. The molecule has 30 heavy (non-hydrogen) atoms. The van der Waals surface area contributed by atoms with Gasteiger partial charge in [0.25, 0.3) is 0 Å². The van der Waals surface area contributed by atoms with Crippen LogP contribution in [0, 0.1) is 27.7 Å². The highest BCUT2D eigenvalue weighted by atomic mass is 16.4. The molecule has 0 spiro atoms. The summed E-state index contributed by atoms with van der Waals surface area (Å²) in [6.45, 7) is 8.09. The average Bonchev–Trinajstić information content (AvgIpc) is 2.68. The first kappa shape index (κ1) is 19.9. The van der Waals surface area contributed by atoms with Gasteiger partial charge < -0.3 is 10.2 Å². The van der Waals surface area contributed by atoms with Gasteiger partial charge in [0.15, 0.2) is 0 Å². The summed E-state index contributed by atoms with van der Waals surface area (Å²) in [7, 11) is 0. The van der Waals surface area contributed by atoms with E-state index in [1.165, 1.54) is 0 Å². The number of hydrogen-bond acceptors (Lipinski definition) is 2. The minimum atomic E-state index is -0.847. The van der Waals surface area contributed by atoms with Crippen LogP contribution in [0.1, 0.15) is 33.4 Å². The normalized spacial score (nSPS) is 11.5. The standard InChI is InChI=1S/C26H24O4/c1-13-9-17(11-22(27)28)10-21-18-7-5-6-8-19(18)25-16(4)20(12-23(29)30)14(2)15(3)26(25)24(13)21/h5-10H,11-12H2,1-4H3,(H,27,28)(H,29,30). The Labute approximate surface area is 174 Å². The number of rotatable bonds is 4. The summed E-state index contributed by atoms with van der Waals surface area (Å²) in [6.07, 6.45) is -0.0188. The third-order valence-electron chi connectivity index (χ3n) is 6.28. The van der Waals surface area contributed by atoms with Crippen molar-refractivity contribution in [1.82, 2.24) is 0 Å². The van der Waals surface area contributed by atoms with Crippen LogP contribution in [-0.2, 0) is 22.4 Å². The Morgan fingerprint density at radius 3 is 1.97 bits per heavy atom. The lowest BCUT2D eigenvalue weighted by Gasteiger charge is -2.21. The van der Waals surface area contributed by atoms with Crippen molar-refractivity contribution in [3.63, 3.8) is 0 Å². The Bertz CT molecular complexity index is 1380. The van der Waals surface area contributed by atoms with Gasteiger partial charge in [-0.2, -0.15) is 0 Å². The van der Waals surface area contributed by atoms with Gasteiger partial charge in [0.2, 0.25) is 0 Å². The molecule has 0 radical (unpaired) electrons. The summed E-state index contributed by atoms with van der Waals surface area (Å²) in [5, 5.41) is 25.3. The van der Waals surface area contributed by atoms with Crippen LogP contribution in [0.2, 0.25) is 0 Å². The minimum absolute atomic E-state index is 0.00264. The summed E-state index contributed by atoms with van der Waals surface area (Å²) in [4.78, 5) is 22.8. The lowest BCUT2D eigenvalue weighted by molar-refractivity contribution is -0.137. The number of fused-ring (bicyclic) bond motifs is 6. The topological polar surface area (TPSA) is 74.6 Å². The SMILES string of the molecule is Cc1c(CC(=O)O)c(C)c2c3ccccc3c3cc(CC(=O)O)cc(C)c3c2c1C. The maximum Gasteiger partial charge on any atom is 0.307 e. The first-order chi connectivity index (χ1) is 14.2. The van der Waals surface area contributed by atoms with Gasteiger partial charge >= 0.3 is 11.9 Å². The summed E-state index contributed by atoms with van der Waals surface area (Å²) in [6, 6.07) is 12.1. The van der Waals surface area contributed by atoms with E-state index in [1.807, 2.05) is 45.0 Å². The summed E-state index contributed by atoms with van der Waals surface area (Å²) in [5.74, 6) is -1.68. The summed E-state index contributed by atoms with van der Waals surface area (Å²) < 4.78 is 0. The largest absolute Gasteiger partial charge is 0.481 e. The van der Waals surface area contributed by atoms with Gasteiger partial charge in [-0.1, -0.05) is 30.3 Å². The van der Waals surface area contributed by atoms with Crippen LogP contribution in [0.3, 0.4) is 0 Å². The number of benzene rings is 4. The lowest BCUT2D eigenvalue weighted by Crippen LogP contribution is -2.07. The molecule has 0 aliphatic rings. The molecular formula is C26H24O4. The second-order valence-electron chi connectivity index (χ2n) is 8.13. The number of carbonyl (C=O) groups is 2. The first-order valence-corrected chi connectivity index (χ1v) is 10.0. The van der Waals surface area contributed by atoms with Crippen LogP contribution in [-0.4, -0.2) is 22.2 Å². The van der Waals surface area contributed by atoms with Gasteiger partial charge in [-0.05, 0) is 99.5 Å². The van der Waals surface area contributed by atoms with Crippen molar-refractivity contribution < 1.29 is 19.8 Å². The minimum Gasteiger partial charge on any atom is -0.481 e. The van der Waals surface area contributed by atoms with Crippen molar-refractivity contribution in [2.75, 3.05) is 0 Å². The summed E-state index contributed by atoms with van der Waals surface area (Å²) in [5.41, 5.74) is 5.78. The molecule has 152 valence electrons. The molecule has 4 nitrogen and oxygen atoms in total. The Morgan fingerprint density at radius 2 is 1.33 bits per heavy atom. The molecule has 0 aliphatic heterocycles. The molecule has 0 saturated heterocycles. The number of aryl methyl sites for hydroxylation is 3. The van der Waals surface area contributed by atoms with Crippen molar-refractivity contribution in [2.45, 2.75) is 40.5 Å². The van der Waals surface area contributed by atoms with Gasteiger partial charge in [-0.15, -0.1) is 0 Å². The fourth-order valence-corrected chi connectivity index (χ4v) is 4.91. The molecule has 4 aromatic rings. The Balaban J connectivity index is 2.29. The molecule has 0 saturated carbocycles. The highest BCUT2D eigenvalue weighted by molar-refractivity contribution is 6.28. The highest BCUT2D eigenvalue weighted by Gasteiger charge is 2.20. The maximum atomic E-state index is 11.5. The van der Waals surface area contributed by atoms with Crippen LogP contribution < -0.4 is 0 Å². The van der Waals surface area contributed by atoms with E-state index in [0.29, 0.717) is 0 Å². The van der Waals surface area contributed by atoms with Crippen LogP contribution in [0.4, 0.5) is 0 Å². The molecule has 0 fully saturated rings. The number of aliphatic carboxylic acids is 2. The molecule has 0 heterocycles. The third kappa shape index (κ3) is 3.00. The van der Waals surface area contributed by atoms with Crippen molar-refractivity contribution in [3.05, 3.63) is 69.8 Å². The van der Waals surface area contributed by atoms with Gasteiger partial charge in [0, 0.05) is 0 Å². The molecule has 0 aromatic heterocycles. The van der Waals surface area contributed by atoms with E-state index in [2.05, 4.69) is 19.1 Å². The van der Waals surface area contributed by atoms with Crippen LogP contribution in [0.25, 0.3) is 32.3 Å². The van der Waals surface area contributed by atoms with Crippen LogP contribution in [0.15, 0.2) is 36.4 Å². The maximum absolute atomic E-state index is 11.5. The first-order valence-electron chi connectivity index (χ1n) is 10.0. The van der Waals surface area contributed by atoms with Gasteiger partial charge in [-0.3, -0.25) is 9.59 Å². The Morgan fingerprint density at radius 1 is 0.700 bits per heavy atom. The molecule has 4 rings (SSSR count). The molecule has 4 aromatic carbocycles. The zero-order valence-electron chi connectivity index (χ0n) is 17.6. The zero-order chi connectivity index (χ0) is 21.7. The monoisotopic (exact) mass is 400 g/mol.